The molecule has 1 atom stereocenters. The number of carbonyl (C=O) groups excluding carboxylic acids is 1. The Kier molecular flexibility index (Phi) is 4.60. The molecule has 1 heterocycles. The van der Waals surface area contributed by atoms with Crippen LogP contribution in [0.3, 0.4) is 0 Å². The van der Waals surface area contributed by atoms with E-state index in [2.05, 4.69) is 0 Å². The van der Waals surface area contributed by atoms with Crippen LogP contribution in [0.15, 0.2) is 17.5 Å². The van der Waals surface area contributed by atoms with E-state index < -0.39 is 5.97 Å². The summed E-state index contributed by atoms with van der Waals surface area (Å²) in [6.45, 7) is 2.59. The van der Waals surface area contributed by atoms with Crippen molar-refractivity contribution in [2.24, 2.45) is 11.8 Å². The van der Waals surface area contributed by atoms with E-state index in [1.165, 1.54) is 12.8 Å². The van der Waals surface area contributed by atoms with E-state index in [9.17, 15) is 9.59 Å². The average molecular weight is 293 g/mol. The van der Waals surface area contributed by atoms with Gasteiger partial charge in [0.05, 0.1) is 6.54 Å². The van der Waals surface area contributed by atoms with Crippen molar-refractivity contribution in [1.29, 1.82) is 0 Å². The van der Waals surface area contributed by atoms with Crippen LogP contribution in [0.4, 0.5) is 0 Å². The summed E-state index contributed by atoms with van der Waals surface area (Å²) in [6, 6.07) is 1.93. The average Bonchev–Trinajstić information content (AvgIpc) is 3.16. The lowest BCUT2D eigenvalue weighted by atomic mass is 10.1. The summed E-state index contributed by atoms with van der Waals surface area (Å²) >= 11 is 1.54. The first-order valence-corrected chi connectivity index (χ1v) is 7.58. The molecule has 1 unspecified atom stereocenters. The number of amides is 1. The number of hydrogen-bond donors (Lipinski definition) is 1. The fourth-order valence-electron chi connectivity index (χ4n) is 2.19. The molecule has 1 aliphatic rings. The van der Waals surface area contributed by atoms with E-state index in [1.54, 1.807) is 22.3 Å². The normalized spacial score (nSPS) is 16.3. The Hall–Kier alpha value is -1.62. The predicted octanol–water partition coefficient (Wildman–Crippen LogP) is 2.85. The minimum atomic E-state index is -0.955. The highest BCUT2D eigenvalue weighted by Gasteiger charge is 2.33. The molecule has 0 bridgehead atoms. The predicted molar refractivity (Wildman–Crippen MR) is 79.4 cm³/mol. The van der Waals surface area contributed by atoms with Gasteiger partial charge in [-0.15, -0.1) is 11.3 Å². The summed E-state index contributed by atoms with van der Waals surface area (Å²) in [6.07, 6.45) is 5.03. The molecule has 0 spiro atoms. The molecule has 4 nitrogen and oxygen atoms in total. The lowest BCUT2D eigenvalue weighted by Crippen LogP contribution is -2.31. The first kappa shape index (κ1) is 14.8. The molecule has 2 rings (SSSR count). The highest BCUT2D eigenvalue weighted by molar-refractivity contribution is 7.10. The number of thiophene rings is 1. The van der Waals surface area contributed by atoms with Gasteiger partial charge in [-0.3, -0.25) is 4.79 Å². The van der Waals surface area contributed by atoms with E-state index >= 15 is 0 Å². The Morgan fingerprint density at radius 2 is 2.25 bits per heavy atom. The molecule has 0 saturated heterocycles. The number of rotatable bonds is 6. The molecule has 0 radical (unpaired) electrons. The fourth-order valence-corrected chi connectivity index (χ4v) is 3.10. The second-order valence-electron chi connectivity index (χ2n) is 5.34. The van der Waals surface area contributed by atoms with E-state index in [1.807, 2.05) is 25.4 Å². The van der Waals surface area contributed by atoms with Gasteiger partial charge in [0.15, 0.2) is 0 Å². The van der Waals surface area contributed by atoms with Crippen molar-refractivity contribution in [2.75, 3.05) is 7.05 Å². The summed E-state index contributed by atoms with van der Waals surface area (Å²) in [5.74, 6) is -0.0690. The van der Waals surface area contributed by atoms with Gasteiger partial charge in [0.25, 0.3) is 0 Å². The molecule has 1 N–H and O–H groups in total. The van der Waals surface area contributed by atoms with Crippen LogP contribution >= 0.6 is 11.3 Å². The van der Waals surface area contributed by atoms with Crippen LogP contribution < -0.4 is 0 Å². The highest BCUT2D eigenvalue weighted by atomic mass is 32.1. The van der Waals surface area contributed by atoms with Gasteiger partial charge in [-0.25, -0.2) is 4.79 Å². The first-order valence-electron chi connectivity index (χ1n) is 6.70. The number of carboxylic acids is 1. The second kappa shape index (κ2) is 6.22. The molecule has 1 saturated carbocycles. The number of aliphatic carboxylic acids is 1. The largest absolute Gasteiger partial charge is 0.478 e. The third-order valence-corrected chi connectivity index (χ3v) is 4.52. The van der Waals surface area contributed by atoms with E-state index in [-0.39, 0.29) is 11.8 Å². The topological polar surface area (TPSA) is 57.6 Å². The maximum Gasteiger partial charge on any atom is 0.328 e. The van der Waals surface area contributed by atoms with Gasteiger partial charge in [0.1, 0.15) is 0 Å². The summed E-state index contributed by atoms with van der Waals surface area (Å²) in [4.78, 5) is 25.5. The summed E-state index contributed by atoms with van der Waals surface area (Å²) < 4.78 is 0. The number of carboxylic acid groups (broad SMARTS) is 1. The van der Waals surface area contributed by atoms with Crippen LogP contribution in [0.25, 0.3) is 6.08 Å². The Morgan fingerprint density at radius 1 is 1.55 bits per heavy atom. The first-order chi connectivity index (χ1) is 9.47. The Labute approximate surface area is 122 Å². The Balaban J connectivity index is 1.92. The summed E-state index contributed by atoms with van der Waals surface area (Å²) in [7, 11) is 1.83. The van der Waals surface area contributed by atoms with Crippen molar-refractivity contribution in [1.82, 2.24) is 4.90 Å². The lowest BCUT2D eigenvalue weighted by molar-refractivity contribution is -0.135. The zero-order valence-corrected chi connectivity index (χ0v) is 12.5. The number of hydrogen-bond acceptors (Lipinski definition) is 3. The van der Waals surface area contributed by atoms with Gasteiger partial charge in [-0.2, -0.15) is 0 Å². The lowest BCUT2D eigenvalue weighted by Gasteiger charge is -2.20. The van der Waals surface area contributed by atoms with Gasteiger partial charge in [0, 0.05) is 23.9 Å². The molecule has 0 aromatic carbocycles. The standard InChI is InChI=1S/C15H19NO3S/c1-10(12-4-5-12)15(19)16(2)8-13-7-11(9-20-13)3-6-14(17)18/h3,6-7,9-10,12H,4-5,8H2,1-2H3,(H,17,18)/b6-3+. The number of carbonyl (C=O) groups is 2. The zero-order chi connectivity index (χ0) is 14.7. The maximum atomic E-state index is 12.2. The summed E-state index contributed by atoms with van der Waals surface area (Å²) in [5.41, 5.74) is 0.864. The molecule has 1 aliphatic carbocycles. The molecule has 0 aliphatic heterocycles. The minimum absolute atomic E-state index is 0.117. The summed E-state index contributed by atoms with van der Waals surface area (Å²) in [5, 5.41) is 10.5. The van der Waals surface area contributed by atoms with Crippen LogP contribution in [0.2, 0.25) is 0 Å². The third kappa shape index (κ3) is 3.93. The van der Waals surface area contributed by atoms with Crippen LogP contribution in [0, 0.1) is 11.8 Å². The smallest absolute Gasteiger partial charge is 0.328 e. The highest BCUT2D eigenvalue weighted by Crippen LogP contribution is 2.37. The van der Waals surface area contributed by atoms with Crippen LogP contribution in [0.5, 0.6) is 0 Å². The van der Waals surface area contributed by atoms with Gasteiger partial charge in [-0.1, -0.05) is 6.92 Å². The molecular formula is C15H19NO3S. The van der Waals surface area contributed by atoms with Crippen LogP contribution in [-0.4, -0.2) is 28.9 Å². The van der Waals surface area contributed by atoms with Gasteiger partial charge < -0.3 is 10.0 Å². The quantitative estimate of drug-likeness (QED) is 0.821. The van der Waals surface area contributed by atoms with Crippen molar-refractivity contribution in [2.45, 2.75) is 26.3 Å². The van der Waals surface area contributed by atoms with Crippen molar-refractivity contribution in [3.63, 3.8) is 0 Å². The Bertz CT molecular complexity index is 531. The minimum Gasteiger partial charge on any atom is -0.478 e. The molecular weight excluding hydrogens is 274 g/mol. The monoisotopic (exact) mass is 293 g/mol. The van der Waals surface area contributed by atoms with Crippen LogP contribution in [0.1, 0.15) is 30.2 Å². The molecule has 20 heavy (non-hydrogen) atoms. The van der Waals surface area contributed by atoms with Crippen LogP contribution in [-0.2, 0) is 16.1 Å². The molecule has 1 amide bonds. The van der Waals surface area contributed by atoms with Crippen molar-refractivity contribution < 1.29 is 14.7 Å². The third-order valence-electron chi connectivity index (χ3n) is 3.58. The van der Waals surface area contributed by atoms with Gasteiger partial charge >= 0.3 is 5.97 Å². The molecule has 1 aromatic heterocycles. The van der Waals surface area contributed by atoms with Crippen molar-refractivity contribution >= 4 is 29.3 Å². The van der Waals surface area contributed by atoms with E-state index in [0.717, 1.165) is 16.5 Å². The molecule has 1 fully saturated rings. The molecule has 108 valence electrons. The van der Waals surface area contributed by atoms with Gasteiger partial charge in [0.2, 0.25) is 5.91 Å². The molecule has 5 heteroatoms. The molecule has 1 aromatic rings. The van der Waals surface area contributed by atoms with E-state index in [4.69, 9.17) is 5.11 Å². The SMILES string of the molecule is CC(C(=O)N(C)Cc1cc(/C=C/C(=O)O)cs1)C1CC1. The van der Waals surface area contributed by atoms with Crippen molar-refractivity contribution in [3.05, 3.63) is 28.0 Å². The Morgan fingerprint density at radius 3 is 2.85 bits per heavy atom. The second-order valence-corrected chi connectivity index (χ2v) is 6.33. The van der Waals surface area contributed by atoms with E-state index in [0.29, 0.717) is 12.5 Å². The van der Waals surface area contributed by atoms with Crippen molar-refractivity contribution in [3.8, 4) is 0 Å². The number of nitrogens with zero attached hydrogens (tertiary/aromatic N) is 1. The maximum absolute atomic E-state index is 12.2. The fraction of sp³-hybridized carbons (Fsp3) is 0.467. The van der Waals surface area contributed by atoms with Gasteiger partial charge in [-0.05, 0) is 41.8 Å². The zero-order valence-electron chi connectivity index (χ0n) is 11.7.